The first kappa shape index (κ1) is 20.5. The number of aromatic amines is 1. The van der Waals surface area contributed by atoms with E-state index in [1.54, 1.807) is 6.20 Å². The molecular weight excluding hydrogens is 402 g/mol. The van der Waals surface area contributed by atoms with Crippen molar-refractivity contribution >= 4 is 33.4 Å². The summed E-state index contributed by atoms with van der Waals surface area (Å²) in [6.07, 6.45) is 3.29. The highest BCUT2D eigenvalue weighted by Crippen LogP contribution is 2.39. The maximum Gasteiger partial charge on any atom is 0.274 e. The first-order chi connectivity index (χ1) is 14.5. The van der Waals surface area contributed by atoms with Crippen molar-refractivity contribution in [2.45, 2.75) is 32.6 Å². The molecular formula is C21H25N5O3S. The van der Waals surface area contributed by atoms with Crippen molar-refractivity contribution in [2.75, 3.05) is 26.2 Å². The zero-order valence-corrected chi connectivity index (χ0v) is 17.9. The van der Waals surface area contributed by atoms with Crippen LogP contribution in [0.4, 0.5) is 0 Å². The molecule has 3 aromatic heterocycles. The van der Waals surface area contributed by atoms with Crippen molar-refractivity contribution in [3.8, 4) is 0 Å². The van der Waals surface area contributed by atoms with Crippen LogP contribution in [-0.2, 0) is 6.42 Å². The lowest BCUT2D eigenvalue weighted by atomic mass is 9.95. The third kappa shape index (κ3) is 3.59. The number of hydrogen-bond acceptors (Lipinski definition) is 6. The number of aliphatic hydroxyl groups excluding tert-OH is 1. The highest BCUT2D eigenvalue weighted by Gasteiger charge is 2.34. The van der Waals surface area contributed by atoms with E-state index in [1.807, 2.05) is 30.9 Å². The summed E-state index contributed by atoms with van der Waals surface area (Å²) < 4.78 is 0. The van der Waals surface area contributed by atoms with Gasteiger partial charge in [0.15, 0.2) is 5.69 Å². The Kier molecular flexibility index (Phi) is 5.83. The summed E-state index contributed by atoms with van der Waals surface area (Å²) in [5, 5.41) is 20.0. The molecule has 1 aliphatic rings. The summed E-state index contributed by atoms with van der Waals surface area (Å²) in [7, 11) is 0. The quantitative estimate of drug-likeness (QED) is 0.559. The first-order valence-electron chi connectivity index (χ1n) is 10.1. The number of amides is 2. The Bertz CT molecular complexity index is 1090. The Morgan fingerprint density at radius 1 is 1.43 bits per heavy atom. The SMILES string of the molecule is CCc1[nH]nc(C(=O)N2CC[C@@H](c3c(C(=O)NCCO)sc4ncccc34)C2)c1C. The summed E-state index contributed by atoms with van der Waals surface area (Å²) in [5.74, 6) is -0.232. The van der Waals surface area contributed by atoms with Crippen molar-refractivity contribution < 1.29 is 14.7 Å². The minimum Gasteiger partial charge on any atom is -0.395 e. The zero-order valence-electron chi connectivity index (χ0n) is 17.1. The van der Waals surface area contributed by atoms with E-state index in [0.717, 1.165) is 39.9 Å². The number of fused-ring (bicyclic) bond motifs is 1. The van der Waals surface area contributed by atoms with Crippen LogP contribution in [0.5, 0.6) is 0 Å². The van der Waals surface area contributed by atoms with Crippen LogP contribution in [0, 0.1) is 6.92 Å². The summed E-state index contributed by atoms with van der Waals surface area (Å²) in [6.45, 7) is 5.19. The molecule has 158 valence electrons. The van der Waals surface area contributed by atoms with Crippen LogP contribution >= 0.6 is 11.3 Å². The highest BCUT2D eigenvalue weighted by molar-refractivity contribution is 7.20. The largest absolute Gasteiger partial charge is 0.395 e. The van der Waals surface area contributed by atoms with Crippen molar-refractivity contribution in [2.24, 2.45) is 0 Å². The number of aliphatic hydroxyl groups is 1. The van der Waals surface area contributed by atoms with Gasteiger partial charge in [-0.2, -0.15) is 5.10 Å². The van der Waals surface area contributed by atoms with E-state index in [2.05, 4.69) is 20.5 Å². The van der Waals surface area contributed by atoms with Crippen LogP contribution in [0.1, 0.15) is 56.2 Å². The van der Waals surface area contributed by atoms with Gasteiger partial charge in [0.25, 0.3) is 11.8 Å². The fraction of sp³-hybridized carbons (Fsp3) is 0.429. The van der Waals surface area contributed by atoms with Crippen LogP contribution in [-0.4, -0.2) is 63.2 Å². The van der Waals surface area contributed by atoms with Crippen molar-refractivity contribution in [1.82, 2.24) is 25.4 Å². The number of thiophene rings is 1. The minimum atomic E-state index is -0.206. The summed E-state index contributed by atoms with van der Waals surface area (Å²) in [5.41, 5.74) is 3.30. The van der Waals surface area contributed by atoms with Crippen LogP contribution in [0.15, 0.2) is 18.3 Å². The Hall–Kier alpha value is -2.78. The third-order valence-electron chi connectivity index (χ3n) is 5.66. The number of aromatic nitrogens is 3. The molecule has 0 bridgehead atoms. The minimum absolute atomic E-state index is 0.0478. The molecule has 0 spiro atoms. The molecule has 0 saturated carbocycles. The average molecular weight is 428 g/mol. The molecule has 9 heteroatoms. The van der Waals surface area contributed by atoms with Crippen LogP contribution in [0.2, 0.25) is 0 Å². The molecule has 0 unspecified atom stereocenters. The second-order valence-electron chi connectivity index (χ2n) is 7.45. The standard InChI is InChI=1S/C21H25N5O3S/c1-3-15-12(2)17(25-24-15)21(29)26-9-6-13(11-26)16-14-5-4-7-23-20(14)30-18(16)19(28)22-8-10-27/h4-5,7,13,27H,3,6,8-11H2,1-2H3,(H,22,28)(H,24,25)/t13-/m1/s1. The first-order valence-corrected chi connectivity index (χ1v) is 11.0. The molecule has 1 saturated heterocycles. The number of carbonyl (C=O) groups is 2. The van der Waals surface area contributed by atoms with Crippen LogP contribution < -0.4 is 5.32 Å². The molecule has 4 heterocycles. The van der Waals surface area contributed by atoms with E-state index >= 15 is 0 Å². The summed E-state index contributed by atoms with van der Waals surface area (Å²) in [6, 6.07) is 3.85. The highest BCUT2D eigenvalue weighted by atomic mass is 32.1. The molecule has 1 atom stereocenters. The molecule has 3 N–H and O–H groups in total. The molecule has 30 heavy (non-hydrogen) atoms. The fourth-order valence-electron chi connectivity index (χ4n) is 4.09. The summed E-state index contributed by atoms with van der Waals surface area (Å²) >= 11 is 1.36. The normalized spacial score (nSPS) is 16.4. The van der Waals surface area contributed by atoms with Gasteiger partial charge in [-0.15, -0.1) is 11.3 Å². The Morgan fingerprint density at radius 2 is 2.27 bits per heavy atom. The van der Waals surface area contributed by atoms with Crippen LogP contribution in [0.3, 0.4) is 0 Å². The number of aryl methyl sites for hydroxylation is 1. The van der Waals surface area contributed by atoms with E-state index in [9.17, 15) is 9.59 Å². The van der Waals surface area contributed by atoms with Gasteiger partial charge in [-0.05, 0) is 31.4 Å². The predicted octanol–water partition coefficient (Wildman–Crippen LogP) is 2.24. The number of nitrogens with one attached hydrogen (secondary N) is 2. The lowest BCUT2D eigenvalue weighted by Crippen LogP contribution is -2.30. The second kappa shape index (κ2) is 8.53. The zero-order chi connectivity index (χ0) is 21.3. The number of likely N-dealkylation sites (tertiary alicyclic amines) is 1. The molecule has 1 aliphatic heterocycles. The monoisotopic (exact) mass is 427 g/mol. The Morgan fingerprint density at radius 3 is 3.00 bits per heavy atom. The molecule has 8 nitrogen and oxygen atoms in total. The van der Waals surface area contributed by atoms with Gasteiger partial charge in [0.1, 0.15) is 4.83 Å². The van der Waals surface area contributed by atoms with Gasteiger partial charge < -0.3 is 15.3 Å². The number of carbonyl (C=O) groups excluding carboxylic acids is 2. The van der Waals surface area contributed by atoms with Gasteiger partial charge in [-0.25, -0.2) is 4.98 Å². The van der Waals surface area contributed by atoms with Gasteiger partial charge in [0, 0.05) is 48.4 Å². The second-order valence-corrected chi connectivity index (χ2v) is 8.45. The predicted molar refractivity (Wildman–Crippen MR) is 115 cm³/mol. The lowest BCUT2D eigenvalue weighted by Gasteiger charge is -2.16. The molecule has 1 fully saturated rings. The topological polar surface area (TPSA) is 111 Å². The number of hydrogen-bond donors (Lipinski definition) is 3. The maximum absolute atomic E-state index is 13.1. The van der Waals surface area contributed by atoms with Crippen molar-refractivity contribution in [1.29, 1.82) is 0 Å². The van der Waals surface area contributed by atoms with Gasteiger partial charge in [-0.1, -0.05) is 13.0 Å². The van der Waals surface area contributed by atoms with Gasteiger partial charge in [0.05, 0.1) is 11.5 Å². The maximum atomic E-state index is 13.1. The number of H-pyrrole nitrogens is 1. The smallest absolute Gasteiger partial charge is 0.274 e. The number of nitrogens with zero attached hydrogens (tertiary/aromatic N) is 3. The van der Waals surface area contributed by atoms with Gasteiger partial charge in [-0.3, -0.25) is 14.7 Å². The van der Waals surface area contributed by atoms with Crippen molar-refractivity contribution in [3.05, 3.63) is 45.7 Å². The average Bonchev–Trinajstić information content (AvgIpc) is 3.47. The van der Waals surface area contributed by atoms with E-state index < -0.39 is 0 Å². The lowest BCUT2D eigenvalue weighted by molar-refractivity contribution is 0.0784. The van der Waals surface area contributed by atoms with E-state index in [-0.39, 0.29) is 30.9 Å². The third-order valence-corrected chi connectivity index (χ3v) is 6.79. The van der Waals surface area contributed by atoms with Gasteiger partial charge >= 0.3 is 0 Å². The molecule has 0 aromatic carbocycles. The van der Waals surface area contributed by atoms with Crippen molar-refractivity contribution in [3.63, 3.8) is 0 Å². The molecule has 0 aliphatic carbocycles. The Labute approximate surface area is 178 Å². The number of pyridine rings is 1. The van der Waals surface area contributed by atoms with E-state index in [1.165, 1.54) is 11.3 Å². The Balaban J connectivity index is 1.62. The number of rotatable bonds is 6. The van der Waals surface area contributed by atoms with E-state index in [4.69, 9.17) is 5.11 Å². The fourth-order valence-corrected chi connectivity index (χ4v) is 5.24. The molecule has 2 amide bonds. The molecule has 0 radical (unpaired) electrons. The molecule has 4 rings (SSSR count). The summed E-state index contributed by atoms with van der Waals surface area (Å²) in [4.78, 5) is 33.5. The van der Waals surface area contributed by atoms with E-state index in [0.29, 0.717) is 23.7 Å². The van der Waals surface area contributed by atoms with Gasteiger partial charge in [0.2, 0.25) is 0 Å². The van der Waals surface area contributed by atoms with Crippen LogP contribution in [0.25, 0.3) is 10.2 Å². The molecule has 3 aromatic rings.